The third-order valence-electron chi connectivity index (χ3n) is 9.65. The van der Waals surface area contributed by atoms with Gasteiger partial charge in [-0.05, 0) is 36.7 Å². The van der Waals surface area contributed by atoms with Crippen molar-refractivity contribution in [3.8, 4) is 0 Å². The summed E-state index contributed by atoms with van der Waals surface area (Å²) < 4.78 is 11.0. The Balaban J connectivity index is 2.44. The first-order valence-corrected chi connectivity index (χ1v) is 21.2. The zero-order chi connectivity index (χ0) is 38.9. The molecule has 0 saturated carbocycles. The van der Waals surface area contributed by atoms with Crippen LogP contribution in [-0.4, -0.2) is 54.2 Å². The van der Waals surface area contributed by atoms with Crippen molar-refractivity contribution in [3.05, 3.63) is 35.9 Å². The standard InChI is InChI=1S/C44H76N2O7/c1-36(2)26-20-15-11-7-5-9-13-17-24-30-39(53-43(50)31-25-18-14-10-6-8-12-16-21-27-37(3)4)32-41(48)45-33-42(49)46-40(34-47)44(51)52-35-38-28-22-19-23-29-38/h19,22-23,28-29,36-37,39-40,47H,5-18,20-21,24-27,30-35H2,1-4H3,(H,45,48)(H,46,49)/t39-,40+/m1/s1. The number of carbonyl (C=O) groups excluding carboxylic acids is 4. The van der Waals surface area contributed by atoms with Crippen LogP contribution in [0.3, 0.4) is 0 Å². The number of hydrogen-bond acceptors (Lipinski definition) is 7. The molecule has 0 aromatic heterocycles. The minimum atomic E-state index is -1.25. The highest BCUT2D eigenvalue weighted by molar-refractivity contribution is 5.88. The summed E-state index contributed by atoms with van der Waals surface area (Å²) in [5.74, 6) is -0.510. The molecule has 1 aromatic rings. The van der Waals surface area contributed by atoms with E-state index in [4.69, 9.17) is 9.47 Å². The Labute approximate surface area is 322 Å². The molecule has 9 nitrogen and oxygen atoms in total. The molecular weight excluding hydrogens is 668 g/mol. The topological polar surface area (TPSA) is 131 Å². The Morgan fingerprint density at radius 2 is 1.09 bits per heavy atom. The molecule has 1 rings (SSSR count). The second-order valence-corrected chi connectivity index (χ2v) is 15.8. The van der Waals surface area contributed by atoms with E-state index in [0.717, 1.165) is 55.9 Å². The molecule has 0 spiro atoms. The zero-order valence-electron chi connectivity index (χ0n) is 34.0. The van der Waals surface area contributed by atoms with E-state index in [0.29, 0.717) is 12.8 Å². The van der Waals surface area contributed by atoms with Gasteiger partial charge in [-0.15, -0.1) is 0 Å². The fourth-order valence-electron chi connectivity index (χ4n) is 6.38. The Bertz CT molecular complexity index is 1080. The lowest BCUT2D eigenvalue weighted by Gasteiger charge is -2.19. The quantitative estimate of drug-likeness (QED) is 0.0473. The number of aliphatic hydroxyl groups is 1. The lowest BCUT2D eigenvalue weighted by Crippen LogP contribution is -2.48. The summed E-state index contributed by atoms with van der Waals surface area (Å²) in [6.45, 7) is 8.12. The van der Waals surface area contributed by atoms with Gasteiger partial charge in [-0.2, -0.15) is 0 Å². The maximum absolute atomic E-state index is 12.9. The van der Waals surface area contributed by atoms with Crippen LogP contribution in [0.1, 0.15) is 181 Å². The molecule has 0 unspecified atom stereocenters. The van der Waals surface area contributed by atoms with Crippen LogP contribution in [0, 0.1) is 11.8 Å². The van der Waals surface area contributed by atoms with Gasteiger partial charge >= 0.3 is 11.9 Å². The minimum Gasteiger partial charge on any atom is -0.462 e. The smallest absolute Gasteiger partial charge is 0.331 e. The summed E-state index contributed by atoms with van der Waals surface area (Å²) in [6.07, 6.45) is 24.2. The first-order chi connectivity index (χ1) is 25.6. The van der Waals surface area contributed by atoms with Crippen LogP contribution in [0.4, 0.5) is 0 Å². The monoisotopic (exact) mass is 745 g/mol. The Kier molecular flexibility index (Phi) is 29.5. The van der Waals surface area contributed by atoms with E-state index in [1.807, 2.05) is 18.2 Å². The molecule has 0 aliphatic rings. The molecule has 53 heavy (non-hydrogen) atoms. The van der Waals surface area contributed by atoms with Crippen LogP contribution in [0.25, 0.3) is 0 Å². The van der Waals surface area contributed by atoms with Gasteiger partial charge in [-0.3, -0.25) is 14.4 Å². The first kappa shape index (κ1) is 48.1. The van der Waals surface area contributed by atoms with Gasteiger partial charge in [0.25, 0.3) is 0 Å². The van der Waals surface area contributed by atoms with Gasteiger partial charge in [0.1, 0.15) is 12.7 Å². The van der Waals surface area contributed by atoms with Crippen LogP contribution in [0.5, 0.6) is 0 Å². The molecule has 0 heterocycles. The fourth-order valence-corrected chi connectivity index (χ4v) is 6.38. The first-order valence-electron chi connectivity index (χ1n) is 21.2. The van der Waals surface area contributed by atoms with Crippen LogP contribution in [0.15, 0.2) is 30.3 Å². The van der Waals surface area contributed by atoms with E-state index in [1.165, 1.54) is 89.9 Å². The summed E-state index contributed by atoms with van der Waals surface area (Å²) in [5.41, 5.74) is 0.780. The number of hydrogen-bond donors (Lipinski definition) is 3. The predicted molar refractivity (Wildman–Crippen MR) is 214 cm³/mol. The van der Waals surface area contributed by atoms with E-state index < -0.39 is 36.5 Å². The fraction of sp³-hybridized carbons (Fsp3) is 0.773. The number of aliphatic hydroxyl groups excluding tert-OH is 1. The number of benzene rings is 1. The van der Waals surface area contributed by atoms with Crippen molar-refractivity contribution in [1.29, 1.82) is 0 Å². The summed E-state index contributed by atoms with van der Waals surface area (Å²) in [4.78, 5) is 50.6. The van der Waals surface area contributed by atoms with Crippen molar-refractivity contribution in [1.82, 2.24) is 10.6 Å². The molecule has 2 atom stereocenters. The third-order valence-corrected chi connectivity index (χ3v) is 9.65. The highest BCUT2D eigenvalue weighted by Gasteiger charge is 2.23. The minimum absolute atomic E-state index is 0.0141. The summed E-state index contributed by atoms with van der Waals surface area (Å²) in [6, 6.07) is 7.84. The molecule has 0 aliphatic heterocycles. The molecule has 3 N–H and O–H groups in total. The molecule has 0 radical (unpaired) electrons. The number of esters is 2. The van der Waals surface area contributed by atoms with Crippen molar-refractivity contribution in [2.45, 2.75) is 194 Å². The average Bonchev–Trinajstić information content (AvgIpc) is 3.13. The van der Waals surface area contributed by atoms with E-state index in [1.54, 1.807) is 12.1 Å². The van der Waals surface area contributed by atoms with Gasteiger partial charge in [0.2, 0.25) is 11.8 Å². The summed E-state index contributed by atoms with van der Waals surface area (Å²) in [5, 5.41) is 14.6. The average molecular weight is 745 g/mol. The van der Waals surface area contributed by atoms with Crippen molar-refractivity contribution in [2.24, 2.45) is 11.8 Å². The molecule has 1 aromatic carbocycles. The molecule has 2 amide bonds. The van der Waals surface area contributed by atoms with Crippen LogP contribution in [0.2, 0.25) is 0 Å². The normalized spacial score (nSPS) is 12.4. The lowest BCUT2D eigenvalue weighted by molar-refractivity contribution is -0.151. The highest BCUT2D eigenvalue weighted by atomic mass is 16.5. The Morgan fingerprint density at radius 1 is 0.623 bits per heavy atom. The number of ether oxygens (including phenoxy) is 2. The molecule has 0 aliphatic carbocycles. The van der Waals surface area contributed by atoms with E-state index in [9.17, 15) is 24.3 Å². The second kappa shape index (κ2) is 32.5. The molecule has 0 fully saturated rings. The van der Waals surface area contributed by atoms with Crippen molar-refractivity contribution < 1.29 is 33.8 Å². The van der Waals surface area contributed by atoms with Crippen LogP contribution < -0.4 is 10.6 Å². The summed E-state index contributed by atoms with van der Waals surface area (Å²) in [7, 11) is 0. The second-order valence-electron chi connectivity index (χ2n) is 15.8. The maximum Gasteiger partial charge on any atom is 0.331 e. The van der Waals surface area contributed by atoms with Gasteiger partial charge in [-0.25, -0.2) is 4.79 Å². The third kappa shape index (κ3) is 29.1. The van der Waals surface area contributed by atoms with Crippen LogP contribution in [-0.2, 0) is 35.3 Å². The van der Waals surface area contributed by atoms with Crippen LogP contribution >= 0.6 is 0 Å². The molecule has 9 heteroatoms. The SMILES string of the molecule is CC(C)CCCCCCCCCCCC(=O)O[C@H](CCCCCCCCCCCC(C)C)CC(=O)NCC(=O)N[C@@H](CO)C(=O)OCc1ccccc1. The van der Waals surface area contributed by atoms with Crippen molar-refractivity contribution in [2.75, 3.05) is 13.2 Å². The molecular formula is C44H76N2O7. The van der Waals surface area contributed by atoms with Crippen molar-refractivity contribution >= 4 is 23.8 Å². The van der Waals surface area contributed by atoms with Gasteiger partial charge < -0.3 is 25.2 Å². The Hall–Kier alpha value is -2.94. The van der Waals surface area contributed by atoms with Gasteiger partial charge in [0.05, 0.1) is 19.6 Å². The number of nitrogens with one attached hydrogen (secondary N) is 2. The van der Waals surface area contributed by atoms with Gasteiger partial charge in [0, 0.05) is 6.42 Å². The van der Waals surface area contributed by atoms with Gasteiger partial charge in [0.15, 0.2) is 6.04 Å². The summed E-state index contributed by atoms with van der Waals surface area (Å²) >= 11 is 0. The number of carbonyl (C=O) groups is 4. The molecule has 0 saturated heterocycles. The highest BCUT2D eigenvalue weighted by Crippen LogP contribution is 2.17. The van der Waals surface area contributed by atoms with Crippen molar-refractivity contribution in [3.63, 3.8) is 0 Å². The Morgan fingerprint density at radius 3 is 1.58 bits per heavy atom. The number of amides is 2. The molecule has 304 valence electrons. The van der Waals surface area contributed by atoms with E-state index >= 15 is 0 Å². The number of unbranched alkanes of at least 4 members (excludes halogenated alkanes) is 16. The van der Waals surface area contributed by atoms with Gasteiger partial charge in [-0.1, -0.05) is 174 Å². The predicted octanol–water partition coefficient (Wildman–Crippen LogP) is 9.52. The number of rotatable bonds is 34. The maximum atomic E-state index is 12.9. The molecule has 0 bridgehead atoms. The zero-order valence-corrected chi connectivity index (χ0v) is 34.0. The lowest BCUT2D eigenvalue weighted by atomic mass is 10.0. The van der Waals surface area contributed by atoms with E-state index in [-0.39, 0.29) is 25.5 Å². The van der Waals surface area contributed by atoms with E-state index in [2.05, 4.69) is 38.3 Å². The largest absolute Gasteiger partial charge is 0.462 e.